The molecule has 0 radical (unpaired) electrons. The Balaban J connectivity index is 2.96. The zero-order valence-corrected chi connectivity index (χ0v) is 11.0. The minimum Gasteiger partial charge on any atom is -0.432 e. The van der Waals surface area contributed by atoms with E-state index in [1.165, 1.54) is 0 Å². The molecule has 0 amide bonds. The molecule has 0 aliphatic rings. The molecule has 0 aliphatic heterocycles. The van der Waals surface area contributed by atoms with Crippen LogP contribution in [0.15, 0.2) is 0 Å². The lowest BCUT2D eigenvalue weighted by Gasteiger charge is -2.14. The minimum atomic E-state index is -2.39. The minimum absolute atomic E-state index is 0.175. The van der Waals surface area contributed by atoms with Gasteiger partial charge in [-0.15, -0.1) is 0 Å². The van der Waals surface area contributed by atoms with Crippen LogP contribution in [0.1, 0.15) is 12.0 Å². The molecule has 0 saturated heterocycles. The van der Waals surface area contributed by atoms with Crippen molar-refractivity contribution < 1.29 is 26.7 Å². The summed E-state index contributed by atoms with van der Waals surface area (Å²) in [5, 5.41) is 0. The maximum Gasteiger partial charge on any atom is 0.200 e. The summed E-state index contributed by atoms with van der Waals surface area (Å²) < 4.78 is 65.0. The fraction of sp³-hybridized carbons (Fsp3) is 0.455. The molecular formula is C11H13F5OSi. The quantitative estimate of drug-likeness (QED) is 0.388. The number of rotatable bonds is 4. The first-order chi connectivity index (χ1) is 8.15. The van der Waals surface area contributed by atoms with Crippen molar-refractivity contribution in [3.8, 4) is 0 Å². The molecule has 0 fully saturated rings. The van der Waals surface area contributed by atoms with Gasteiger partial charge in [-0.25, -0.2) is 22.0 Å². The van der Waals surface area contributed by atoms with Gasteiger partial charge in [-0.3, -0.25) is 0 Å². The van der Waals surface area contributed by atoms with E-state index in [1.807, 2.05) is 0 Å². The highest BCUT2D eigenvalue weighted by Gasteiger charge is 2.26. The first-order valence-corrected chi connectivity index (χ1v) is 8.53. The normalized spacial score (nSPS) is 12.0. The van der Waals surface area contributed by atoms with E-state index in [0.717, 1.165) is 0 Å². The third-order valence-corrected chi connectivity index (χ3v) is 4.09. The molecule has 0 atom stereocenters. The van der Waals surface area contributed by atoms with Gasteiger partial charge in [0.15, 0.2) is 31.6 Å². The van der Waals surface area contributed by atoms with Gasteiger partial charge in [-0.1, -0.05) is 0 Å². The molecule has 1 aromatic carbocycles. The fourth-order valence-corrected chi connectivity index (χ4v) is 2.61. The summed E-state index contributed by atoms with van der Waals surface area (Å²) in [4.78, 5) is 9.53. The molecule has 0 heterocycles. The molecule has 7 heteroatoms. The van der Waals surface area contributed by atoms with Crippen LogP contribution in [0.25, 0.3) is 0 Å². The van der Waals surface area contributed by atoms with E-state index >= 15 is 0 Å². The molecule has 1 nitrogen and oxygen atoms in total. The lowest BCUT2D eigenvalue weighted by atomic mass is 10.1. The third kappa shape index (κ3) is 3.29. The smallest absolute Gasteiger partial charge is 0.200 e. The molecule has 102 valence electrons. The van der Waals surface area contributed by atoms with Crippen LogP contribution < -0.4 is 0 Å². The molecule has 0 saturated carbocycles. The second-order valence-corrected chi connectivity index (χ2v) is 8.84. The fourth-order valence-electron chi connectivity index (χ4n) is 1.57. The highest BCUT2D eigenvalue weighted by atomic mass is 28.4. The van der Waals surface area contributed by atoms with Gasteiger partial charge in [0, 0.05) is 5.56 Å². The van der Waals surface area contributed by atoms with E-state index in [1.54, 1.807) is 13.1 Å². The molecule has 1 aromatic rings. The van der Waals surface area contributed by atoms with Crippen LogP contribution >= 0.6 is 0 Å². The number of hydrogen-bond donors (Lipinski definition) is 1. The lowest BCUT2D eigenvalue weighted by molar-refractivity contribution is 0.369. The Morgan fingerprint density at radius 2 is 1.22 bits per heavy atom. The Labute approximate surface area is 102 Å². The molecule has 0 spiro atoms. The average molecular weight is 284 g/mol. The van der Waals surface area contributed by atoms with E-state index < -0.39 is 43.0 Å². The lowest BCUT2D eigenvalue weighted by Crippen LogP contribution is -2.24. The van der Waals surface area contributed by atoms with Crippen molar-refractivity contribution in [2.24, 2.45) is 0 Å². The number of hydrogen-bond acceptors (Lipinski definition) is 1. The predicted molar refractivity (Wildman–Crippen MR) is 59.1 cm³/mol. The summed E-state index contributed by atoms with van der Waals surface area (Å²) in [6.45, 7) is 3.26. The summed E-state index contributed by atoms with van der Waals surface area (Å²) in [6, 6.07) is 0.326. The predicted octanol–water partition coefficient (Wildman–Crippen LogP) is 3.51. The molecule has 0 unspecified atom stereocenters. The second-order valence-electron chi connectivity index (χ2n) is 4.71. The van der Waals surface area contributed by atoms with Crippen LogP contribution in [-0.2, 0) is 6.42 Å². The molecule has 18 heavy (non-hydrogen) atoms. The topological polar surface area (TPSA) is 20.2 Å². The maximum absolute atomic E-state index is 13.3. The summed E-state index contributed by atoms with van der Waals surface area (Å²) >= 11 is 0. The summed E-state index contributed by atoms with van der Waals surface area (Å²) in [7, 11) is -2.39. The Bertz CT molecular complexity index is 427. The standard InChI is InChI=1S/C11H13F5OSi/c1-18(2,17)5-3-4-6-7(12)9(14)11(16)10(15)8(6)13/h17H,3-5H2,1-2H3. The van der Waals surface area contributed by atoms with Crippen LogP contribution in [0.4, 0.5) is 22.0 Å². The van der Waals surface area contributed by atoms with Gasteiger partial charge in [0.05, 0.1) is 0 Å². The molecule has 1 N–H and O–H groups in total. The van der Waals surface area contributed by atoms with E-state index in [2.05, 4.69) is 0 Å². The van der Waals surface area contributed by atoms with Gasteiger partial charge in [-0.2, -0.15) is 0 Å². The Morgan fingerprint density at radius 1 is 0.833 bits per heavy atom. The maximum atomic E-state index is 13.3. The first-order valence-electron chi connectivity index (χ1n) is 5.38. The monoisotopic (exact) mass is 284 g/mol. The van der Waals surface area contributed by atoms with Crippen molar-refractivity contribution in [2.45, 2.75) is 32.0 Å². The Hall–Kier alpha value is -0.953. The van der Waals surface area contributed by atoms with Crippen LogP contribution in [0.5, 0.6) is 0 Å². The summed E-state index contributed by atoms with van der Waals surface area (Å²) in [5.41, 5.74) is -0.815. The zero-order chi connectivity index (χ0) is 14.1. The van der Waals surface area contributed by atoms with Gasteiger partial charge < -0.3 is 4.80 Å². The SMILES string of the molecule is C[Si](C)(O)CCCc1c(F)c(F)c(F)c(F)c1F. The first kappa shape index (κ1) is 15.1. The van der Waals surface area contributed by atoms with Crippen molar-refractivity contribution in [3.63, 3.8) is 0 Å². The van der Waals surface area contributed by atoms with Crippen molar-refractivity contribution in [2.75, 3.05) is 0 Å². The zero-order valence-electron chi connectivity index (χ0n) is 9.96. The molecule has 0 aromatic heterocycles. The number of halogens is 5. The highest BCUT2D eigenvalue weighted by molar-refractivity contribution is 6.69. The van der Waals surface area contributed by atoms with Crippen molar-refractivity contribution in [1.29, 1.82) is 0 Å². The Kier molecular flexibility index (Phi) is 4.49. The van der Waals surface area contributed by atoms with Crippen LogP contribution in [-0.4, -0.2) is 13.1 Å². The van der Waals surface area contributed by atoms with Crippen LogP contribution in [0.2, 0.25) is 19.1 Å². The van der Waals surface area contributed by atoms with E-state index in [-0.39, 0.29) is 12.8 Å². The highest BCUT2D eigenvalue weighted by Crippen LogP contribution is 2.25. The molecule has 1 rings (SSSR count). The number of benzene rings is 1. The largest absolute Gasteiger partial charge is 0.432 e. The van der Waals surface area contributed by atoms with Gasteiger partial charge >= 0.3 is 0 Å². The molecule has 0 aliphatic carbocycles. The molecular weight excluding hydrogens is 271 g/mol. The Morgan fingerprint density at radius 3 is 1.61 bits per heavy atom. The summed E-state index contributed by atoms with van der Waals surface area (Å²) in [6.07, 6.45) is -0.114. The second kappa shape index (κ2) is 5.36. The van der Waals surface area contributed by atoms with Crippen molar-refractivity contribution in [3.05, 3.63) is 34.6 Å². The van der Waals surface area contributed by atoms with Gasteiger partial charge in [0.2, 0.25) is 5.82 Å². The van der Waals surface area contributed by atoms with Crippen molar-refractivity contribution in [1.82, 2.24) is 0 Å². The summed E-state index contributed by atoms with van der Waals surface area (Å²) in [5.74, 6) is -9.58. The van der Waals surface area contributed by atoms with Crippen LogP contribution in [0.3, 0.4) is 0 Å². The average Bonchev–Trinajstić information content (AvgIpc) is 2.27. The van der Waals surface area contributed by atoms with Gasteiger partial charge in [-0.05, 0) is 32.0 Å². The molecule has 0 bridgehead atoms. The third-order valence-electron chi connectivity index (χ3n) is 2.52. The van der Waals surface area contributed by atoms with Crippen molar-refractivity contribution >= 4 is 8.32 Å². The van der Waals surface area contributed by atoms with E-state index in [4.69, 9.17) is 0 Å². The van der Waals surface area contributed by atoms with Gasteiger partial charge in [0.25, 0.3) is 0 Å². The van der Waals surface area contributed by atoms with Crippen LogP contribution in [0, 0.1) is 29.1 Å². The van der Waals surface area contributed by atoms with E-state index in [0.29, 0.717) is 6.04 Å². The van der Waals surface area contributed by atoms with E-state index in [9.17, 15) is 26.7 Å². The van der Waals surface area contributed by atoms with Gasteiger partial charge in [0.1, 0.15) is 0 Å².